The number of methoxy groups -OCH3 is 1. The largest absolute Gasteiger partial charge is 0.497 e. The van der Waals surface area contributed by atoms with Gasteiger partial charge in [-0.1, -0.05) is 17.8 Å². The molecule has 27 heavy (non-hydrogen) atoms. The van der Waals surface area contributed by atoms with Gasteiger partial charge >= 0.3 is 0 Å². The maximum atomic E-state index is 13.4. The third-order valence-electron chi connectivity index (χ3n) is 3.93. The fourth-order valence-electron chi connectivity index (χ4n) is 2.60. The van der Waals surface area contributed by atoms with E-state index in [1.54, 1.807) is 43.5 Å². The lowest BCUT2D eigenvalue weighted by Crippen LogP contribution is -1.95. The van der Waals surface area contributed by atoms with E-state index in [2.05, 4.69) is 9.97 Å². The minimum atomic E-state index is -0.317. The molecule has 0 unspecified atom stereocenters. The molecule has 0 saturated carbocycles. The smallest absolute Gasteiger partial charge is 0.226 e. The molecule has 0 N–H and O–H groups in total. The highest BCUT2D eigenvalue weighted by Crippen LogP contribution is 2.26. The van der Waals surface area contributed by atoms with Gasteiger partial charge in [0, 0.05) is 29.4 Å². The predicted molar refractivity (Wildman–Crippen MR) is 102 cm³/mol. The minimum Gasteiger partial charge on any atom is -0.497 e. The van der Waals surface area contributed by atoms with Crippen LogP contribution < -0.4 is 4.74 Å². The molecule has 4 aromatic rings. The lowest BCUT2D eigenvalue weighted by molar-refractivity contribution is 0.414. The molecule has 5 nitrogen and oxygen atoms in total. The molecule has 2 heterocycles. The Morgan fingerprint density at radius 2 is 2.04 bits per heavy atom. The van der Waals surface area contributed by atoms with Crippen molar-refractivity contribution in [3.05, 3.63) is 78.7 Å². The Kier molecular flexibility index (Phi) is 4.93. The summed E-state index contributed by atoms with van der Waals surface area (Å²) in [5.74, 6) is 1.48. The molecule has 0 aliphatic rings. The minimum absolute atomic E-state index is 0.317. The molecule has 2 aromatic carbocycles. The van der Waals surface area contributed by atoms with Crippen molar-refractivity contribution >= 4 is 11.8 Å². The average Bonchev–Trinajstić information content (AvgIpc) is 3.36. The van der Waals surface area contributed by atoms with Gasteiger partial charge in [0.25, 0.3) is 0 Å². The SMILES string of the molecule is COc1ccc(-n2ccnc2SCc2coc(-c3cccc(F)c3)n2)cc1. The van der Waals surface area contributed by atoms with Crippen LogP contribution in [0.5, 0.6) is 5.75 Å². The summed E-state index contributed by atoms with van der Waals surface area (Å²) in [7, 11) is 1.64. The number of hydrogen-bond donors (Lipinski definition) is 0. The first-order chi connectivity index (χ1) is 13.2. The van der Waals surface area contributed by atoms with Crippen LogP contribution in [-0.2, 0) is 5.75 Å². The first kappa shape index (κ1) is 17.4. The standard InChI is InChI=1S/C20H16FN3O2S/c1-25-18-7-5-17(6-8-18)24-10-9-22-20(24)27-13-16-12-26-19(23-16)14-3-2-4-15(21)11-14/h2-12H,13H2,1H3. The van der Waals surface area contributed by atoms with E-state index in [9.17, 15) is 4.39 Å². The molecule has 0 bridgehead atoms. The Balaban J connectivity index is 1.48. The van der Waals surface area contributed by atoms with Crippen molar-refractivity contribution in [2.75, 3.05) is 7.11 Å². The molecule has 0 aliphatic heterocycles. The summed E-state index contributed by atoms with van der Waals surface area (Å²) in [4.78, 5) is 8.85. The molecule has 4 rings (SSSR count). The fraction of sp³-hybridized carbons (Fsp3) is 0.100. The second kappa shape index (κ2) is 7.67. The number of rotatable bonds is 6. The molecule has 7 heteroatoms. The number of nitrogens with zero attached hydrogens (tertiary/aromatic N) is 3. The van der Waals surface area contributed by atoms with Gasteiger partial charge in [0.1, 0.15) is 17.8 Å². The predicted octanol–water partition coefficient (Wildman–Crippen LogP) is 4.97. The van der Waals surface area contributed by atoms with E-state index >= 15 is 0 Å². The molecule has 0 spiro atoms. The van der Waals surface area contributed by atoms with Gasteiger partial charge in [0.05, 0.1) is 12.8 Å². The highest BCUT2D eigenvalue weighted by molar-refractivity contribution is 7.98. The Morgan fingerprint density at radius 3 is 2.81 bits per heavy atom. The van der Waals surface area contributed by atoms with Crippen molar-refractivity contribution in [1.29, 1.82) is 0 Å². The number of imidazole rings is 1. The van der Waals surface area contributed by atoms with Gasteiger partial charge < -0.3 is 9.15 Å². The normalized spacial score (nSPS) is 10.9. The summed E-state index contributed by atoms with van der Waals surface area (Å²) in [6.45, 7) is 0. The topological polar surface area (TPSA) is 53.1 Å². The third kappa shape index (κ3) is 3.88. The number of benzene rings is 2. The molecule has 0 fully saturated rings. The average molecular weight is 381 g/mol. The molecule has 0 aliphatic carbocycles. The van der Waals surface area contributed by atoms with E-state index in [-0.39, 0.29) is 5.82 Å². The van der Waals surface area contributed by atoms with Gasteiger partial charge in [0.2, 0.25) is 5.89 Å². The first-order valence-electron chi connectivity index (χ1n) is 8.24. The maximum Gasteiger partial charge on any atom is 0.226 e. The van der Waals surface area contributed by atoms with Gasteiger partial charge in [-0.05, 0) is 42.5 Å². The van der Waals surface area contributed by atoms with Crippen molar-refractivity contribution < 1.29 is 13.5 Å². The number of aromatic nitrogens is 3. The molecular formula is C20H16FN3O2S. The number of halogens is 1. The Hall–Kier alpha value is -3.06. The van der Waals surface area contributed by atoms with E-state index in [0.29, 0.717) is 17.2 Å². The fourth-order valence-corrected chi connectivity index (χ4v) is 3.45. The van der Waals surface area contributed by atoms with Crippen LogP contribution in [0.1, 0.15) is 5.69 Å². The van der Waals surface area contributed by atoms with Crippen molar-refractivity contribution in [2.24, 2.45) is 0 Å². The van der Waals surface area contributed by atoms with Crippen LogP contribution in [0.15, 0.2) is 76.8 Å². The molecule has 0 saturated heterocycles. The number of oxazole rings is 1. The van der Waals surface area contributed by atoms with Gasteiger partial charge in [-0.15, -0.1) is 0 Å². The Morgan fingerprint density at radius 1 is 1.19 bits per heavy atom. The van der Waals surface area contributed by atoms with E-state index in [1.165, 1.54) is 12.1 Å². The van der Waals surface area contributed by atoms with Gasteiger partial charge in [-0.25, -0.2) is 14.4 Å². The second-order valence-electron chi connectivity index (χ2n) is 5.72. The van der Waals surface area contributed by atoms with Crippen LogP contribution in [0.4, 0.5) is 4.39 Å². The second-order valence-corrected chi connectivity index (χ2v) is 6.66. The van der Waals surface area contributed by atoms with Crippen LogP contribution in [0.25, 0.3) is 17.1 Å². The van der Waals surface area contributed by atoms with E-state index in [0.717, 1.165) is 22.3 Å². The molecule has 0 atom stereocenters. The third-order valence-corrected chi connectivity index (χ3v) is 4.93. The molecule has 0 amide bonds. The number of hydrogen-bond acceptors (Lipinski definition) is 5. The van der Waals surface area contributed by atoms with Crippen molar-refractivity contribution in [2.45, 2.75) is 10.9 Å². The monoisotopic (exact) mass is 381 g/mol. The van der Waals surface area contributed by atoms with Crippen LogP contribution in [0.3, 0.4) is 0 Å². The summed E-state index contributed by atoms with van der Waals surface area (Å²) in [5, 5.41) is 0.843. The zero-order valence-electron chi connectivity index (χ0n) is 14.5. The summed E-state index contributed by atoms with van der Waals surface area (Å²) in [6.07, 6.45) is 5.26. The molecule has 136 valence electrons. The molecular weight excluding hydrogens is 365 g/mol. The van der Waals surface area contributed by atoms with Crippen molar-refractivity contribution in [1.82, 2.24) is 14.5 Å². The zero-order valence-corrected chi connectivity index (χ0v) is 15.3. The van der Waals surface area contributed by atoms with Crippen molar-refractivity contribution in [3.63, 3.8) is 0 Å². The van der Waals surface area contributed by atoms with Crippen LogP contribution in [0.2, 0.25) is 0 Å². The van der Waals surface area contributed by atoms with Crippen LogP contribution in [-0.4, -0.2) is 21.6 Å². The van der Waals surface area contributed by atoms with Crippen LogP contribution >= 0.6 is 11.8 Å². The first-order valence-corrected chi connectivity index (χ1v) is 9.22. The highest BCUT2D eigenvalue weighted by Gasteiger charge is 2.11. The van der Waals surface area contributed by atoms with Gasteiger partial charge in [0.15, 0.2) is 5.16 Å². The lowest BCUT2D eigenvalue weighted by Gasteiger charge is -2.07. The Labute approximate surface area is 159 Å². The van der Waals surface area contributed by atoms with Gasteiger partial charge in [-0.3, -0.25) is 4.57 Å². The summed E-state index contributed by atoms with van der Waals surface area (Å²) < 4.78 is 26.0. The van der Waals surface area contributed by atoms with E-state index in [4.69, 9.17) is 9.15 Å². The molecule has 2 aromatic heterocycles. The summed E-state index contributed by atoms with van der Waals surface area (Å²) in [5.41, 5.74) is 2.38. The van der Waals surface area contributed by atoms with Crippen LogP contribution in [0, 0.1) is 5.82 Å². The molecule has 0 radical (unpaired) electrons. The lowest BCUT2D eigenvalue weighted by atomic mass is 10.2. The van der Waals surface area contributed by atoms with Gasteiger partial charge in [-0.2, -0.15) is 0 Å². The quantitative estimate of drug-likeness (QED) is 0.442. The zero-order chi connectivity index (χ0) is 18.6. The highest BCUT2D eigenvalue weighted by atomic mass is 32.2. The van der Waals surface area contributed by atoms with Crippen molar-refractivity contribution in [3.8, 4) is 22.9 Å². The van der Waals surface area contributed by atoms with E-state index < -0.39 is 0 Å². The Bertz CT molecular complexity index is 1040. The van der Waals surface area contributed by atoms with E-state index in [1.807, 2.05) is 35.0 Å². The summed E-state index contributed by atoms with van der Waals surface area (Å²) in [6, 6.07) is 14.0. The number of ether oxygens (including phenoxy) is 1. The number of thioether (sulfide) groups is 1. The summed E-state index contributed by atoms with van der Waals surface area (Å²) >= 11 is 1.55. The maximum absolute atomic E-state index is 13.4.